The van der Waals surface area contributed by atoms with Crippen molar-refractivity contribution in [1.82, 2.24) is 0 Å². The summed E-state index contributed by atoms with van der Waals surface area (Å²) in [5.41, 5.74) is 6.71. The van der Waals surface area contributed by atoms with Gasteiger partial charge in [0.25, 0.3) is 0 Å². The quantitative estimate of drug-likeness (QED) is 0.770. The topological polar surface area (TPSA) is 35.2 Å². The number of benzene rings is 2. The van der Waals surface area contributed by atoms with E-state index >= 15 is 0 Å². The molecule has 2 nitrogen and oxygen atoms in total. The smallest absolute Gasteiger partial charge is 0.165 e. The highest BCUT2D eigenvalue weighted by molar-refractivity contribution is 9.10. The molecular formula is C15H15BrFNOS. The number of ether oxygens (including phenoxy) is 1. The molecule has 0 saturated heterocycles. The monoisotopic (exact) mass is 355 g/mol. The van der Waals surface area contributed by atoms with E-state index in [-0.39, 0.29) is 5.75 Å². The van der Waals surface area contributed by atoms with Gasteiger partial charge >= 0.3 is 0 Å². The van der Waals surface area contributed by atoms with Crippen LogP contribution >= 0.6 is 27.7 Å². The molecule has 0 unspecified atom stereocenters. The van der Waals surface area contributed by atoms with Gasteiger partial charge in [0.15, 0.2) is 11.6 Å². The second-order valence-electron chi connectivity index (χ2n) is 4.05. The van der Waals surface area contributed by atoms with Gasteiger partial charge in [-0.2, -0.15) is 0 Å². The molecule has 0 fully saturated rings. The highest BCUT2D eigenvalue weighted by Gasteiger charge is 2.11. The van der Waals surface area contributed by atoms with E-state index < -0.39 is 5.82 Å². The lowest BCUT2D eigenvalue weighted by molar-refractivity contribution is 0.436. The molecular weight excluding hydrogens is 341 g/mol. The van der Waals surface area contributed by atoms with E-state index in [4.69, 9.17) is 10.5 Å². The molecule has 5 heteroatoms. The zero-order chi connectivity index (χ0) is 14.5. The lowest BCUT2D eigenvalue weighted by atomic mass is 10.2. The van der Waals surface area contributed by atoms with E-state index in [9.17, 15) is 4.39 Å². The van der Waals surface area contributed by atoms with Gasteiger partial charge in [-0.3, -0.25) is 0 Å². The number of hydrogen-bond acceptors (Lipinski definition) is 3. The summed E-state index contributed by atoms with van der Waals surface area (Å²) in [4.78, 5) is 1.07. The average Bonchev–Trinajstić information content (AvgIpc) is 2.43. The van der Waals surface area contributed by atoms with Crippen LogP contribution in [0.4, 0.5) is 4.39 Å². The molecule has 20 heavy (non-hydrogen) atoms. The molecule has 0 spiro atoms. The Morgan fingerprint density at radius 1 is 1.25 bits per heavy atom. The van der Waals surface area contributed by atoms with E-state index in [1.807, 2.05) is 18.2 Å². The van der Waals surface area contributed by atoms with E-state index in [1.165, 1.54) is 6.07 Å². The zero-order valence-electron chi connectivity index (χ0n) is 11.0. The standard InChI is InChI=1S/C15H15BrFNOS/c1-2-20-15-5-3-4-13(11(15)9-18)19-14-8-10(16)6-7-12(14)17/h3-8H,2,9,18H2,1H3. The van der Waals surface area contributed by atoms with Crippen molar-refractivity contribution in [3.63, 3.8) is 0 Å². The van der Waals surface area contributed by atoms with Gasteiger partial charge in [-0.25, -0.2) is 4.39 Å². The van der Waals surface area contributed by atoms with Crippen molar-refractivity contribution in [1.29, 1.82) is 0 Å². The van der Waals surface area contributed by atoms with Crippen LogP contribution in [0.3, 0.4) is 0 Å². The summed E-state index contributed by atoms with van der Waals surface area (Å²) in [6, 6.07) is 10.3. The van der Waals surface area contributed by atoms with Crippen molar-refractivity contribution >= 4 is 27.7 Å². The van der Waals surface area contributed by atoms with Crippen molar-refractivity contribution in [2.45, 2.75) is 18.4 Å². The largest absolute Gasteiger partial charge is 0.454 e. The van der Waals surface area contributed by atoms with Crippen LogP contribution in [-0.4, -0.2) is 5.75 Å². The molecule has 2 aromatic carbocycles. The third kappa shape index (κ3) is 3.53. The summed E-state index contributed by atoms with van der Waals surface area (Å²) in [5, 5.41) is 0. The van der Waals surface area contributed by atoms with Gasteiger partial charge in [-0.05, 0) is 36.1 Å². The molecule has 0 aromatic heterocycles. The Kier molecular flexibility index (Phi) is 5.46. The van der Waals surface area contributed by atoms with Gasteiger partial charge in [0.05, 0.1) is 0 Å². The highest BCUT2D eigenvalue weighted by atomic mass is 79.9. The number of hydrogen-bond donors (Lipinski definition) is 1. The fraction of sp³-hybridized carbons (Fsp3) is 0.200. The first kappa shape index (κ1) is 15.4. The normalized spacial score (nSPS) is 10.6. The van der Waals surface area contributed by atoms with Gasteiger partial charge in [0, 0.05) is 21.5 Å². The minimum absolute atomic E-state index is 0.188. The van der Waals surface area contributed by atoms with Crippen molar-refractivity contribution < 1.29 is 9.13 Å². The number of rotatable bonds is 5. The molecule has 0 amide bonds. The van der Waals surface area contributed by atoms with Gasteiger partial charge in [0.2, 0.25) is 0 Å². The highest BCUT2D eigenvalue weighted by Crippen LogP contribution is 2.34. The lowest BCUT2D eigenvalue weighted by Crippen LogP contribution is -2.02. The van der Waals surface area contributed by atoms with Gasteiger partial charge in [0.1, 0.15) is 5.75 Å². The Morgan fingerprint density at radius 2 is 2.05 bits per heavy atom. The Balaban J connectivity index is 2.37. The molecule has 0 aliphatic rings. The minimum atomic E-state index is -0.398. The summed E-state index contributed by atoms with van der Waals surface area (Å²) in [6.45, 7) is 2.43. The molecule has 0 atom stereocenters. The maximum absolute atomic E-state index is 13.8. The second-order valence-corrected chi connectivity index (χ2v) is 6.27. The van der Waals surface area contributed by atoms with E-state index in [0.29, 0.717) is 12.3 Å². The van der Waals surface area contributed by atoms with Crippen LogP contribution in [0.5, 0.6) is 11.5 Å². The van der Waals surface area contributed by atoms with E-state index in [2.05, 4.69) is 22.9 Å². The van der Waals surface area contributed by atoms with E-state index in [1.54, 1.807) is 23.9 Å². The summed E-state index contributed by atoms with van der Waals surface area (Å²) in [6.07, 6.45) is 0. The fourth-order valence-corrected chi connectivity index (χ4v) is 2.99. The predicted octanol–water partition coefficient (Wildman–Crippen LogP) is 4.95. The third-order valence-electron chi connectivity index (χ3n) is 2.71. The number of thioether (sulfide) groups is 1. The molecule has 2 N–H and O–H groups in total. The maximum atomic E-state index is 13.8. The van der Waals surface area contributed by atoms with Crippen molar-refractivity contribution in [2.75, 3.05) is 5.75 Å². The molecule has 0 saturated carbocycles. The molecule has 0 aliphatic carbocycles. The number of halogens is 2. The molecule has 106 valence electrons. The summed E-state index contributed by atoms with van der Waals surface area (Å²) in [5.74, 6) is 1.34. The van der Waals surface area contributed by atoms with Crippen LogP contribution in [0.1, 0.15) is 12.5 Å². The molecule has 2 rings (SSSR count). The van der Waals surface area contributed by atoms with Crippen molar-refractivity contribution in [2.24, 2.45) is 5.73 Å². The van der Waals surface area contributed by atoms with Crippen LogP contribution in [-0.2, 0) is 6.54 Å². The molecule has 0 bridgehead atoms. The second kappa shape index (κ2) is 7.11. The first-order valence-electron chi connectivity index (χ1n) is 6.23. The van der Waals surface area contributed by atoms with Crippen LogP contribution < -0.4 is 10.5 Å². The lowest BCUT2D eigenvalue weighted by Gasteiger charge is -2.14. The maximum Gasteiger partial charge on any atom is 0.165 e. The summed E-state index contributed by atoms with van der Waals surface area (Å²) < 4.78 is 20.2. The summed E-state index contributed by atoms with van der Waals surface area (Å²) >= 11 is 5.00. The van der Waals surface area contributed by atoms with Crippen molar-refractivity contribution in [3.05, 3.63) is 52.3 Å². The molecule has 0 heterocycles. The minimum Gasteiger partial charge on any atom is -0.454 e. The predicted molar refractivity (Wildman–Crippen MR) is 84.9 cm³/mol. The van der Waals surface area contributed by atoms with Crippen molar-refractivity contribution in [3.8, 4) is 11.5 Å². The first-order chi connectivity index (χ1) is 9.65. The first-order valence-corrected chi connectivity index (χ1v) is 8.01. The number of nitrogens with two attached hydrogens (primary N) is 1. The van der Waals surface area contributed by atoms with Crippen LogP contribution in [0, 0.1) is 5.82 Å². The Labute approximate surface area is 130 Å². The van der Waals surface area contributed by atoms with Gasteiger partial charge < -0.3 is 10.5 Å². The average molecular weight is 356 g/mol. The summed E-state index contributed by atoms with van der Waals surface area (Å²) in [7, 11) is 0. The Hall–Kier alpha value is -1.04. The molecule has 0 aliphatic heterocycles. The fourth-order valence-electron chi connectivity index (χ4n) is 1.81. The van der Waals surface area contributed by atoms with Crippen LogP contribution in [0.15, 0.2) is 45.8 Å². The Bertz CT molecular complexity index is 606. The van der Waals surface area contributed by atoms with Crippen LogP contribution in [0.2, 0.25) is 0 Å². The molecule has 0 radical (unpaired) electrons. The Morgan fingerprint density at radius 3 is 2.75 bits per heavy atom. The third-order valence-corrected chi connectivity index (χ3v) is 4.18. The molecule has 2 aromatic rings. The van der Waals surface area contributed by atoms with Crippen LogP contribution in [0.25, 0.3) is 0 Å². The van der Waals surface area contributed by atoms with Gasteiger partial charge in [-0.1, -0.05) is 28.9 Å². The zero-order valence-corrected chi connectivity index (χ0v) is 13.4. The van der Waals surface area contributed by atoms with Gasteiger partial charge in [-0.15, -0.1) is 11.8 Å². The SMILES string of the molecule is CCSc1cccc(Oc2cc(Br)ccc2F)c1CN. The van der Waals surface area contributed by atoms with E-state index in [0.717, 1.165) is 20.7 Å².